The minimum atomic E-state index is -0.138. The molecule has 2 aliphatic heterocycles. The Morgan fingerprint density at radius 3 is 2.66 bits per heavy atom. The predicted octanol–water partition coefficient (Wildman–Crippen LogP) is 4.22. The molecule has 2 saturated heterocycles. The molecule has 172 valence electrons. The third-order valence-electron chi connectivity index (χ3n) is 7.00. The molecule has 1 amide bonds. The van der Waals surface area contributed by atoms with Gasteiger partial charge in [-0.15, -0.1) is 0 Å². The summed E-state index contributed by atoms with van der Waals surface area (Å²) in [7, 11) is 0. The minimum Gasteiger partial charge on any atom is -0.376 e. The normalized spacial score (nSPS) is 22.3. The Morgan fingerprint density at radius 1 is 1.12 bits per heavy atom. The Morgan fingerprint density at radius 2 is 1.94 bits per heavy atom. The van der Waals surface area contributed by atoms with Crippen LogP contribution in [0.25, 0.3) is 0 Å². The topological polar surface area (TPSA) is 58.8 Å². The molecule has 32 heavy (non-hydrogen) atoms. The van der Waals surface area contributed by atoms with Crippen LogP contribution in [0.4, 0.5) is 4.39 Å². The summed E-state index contributed by atoms with van der Waals surface area (Å²) in [4.78, 5) is 17.5. The number of hydrogen-bond acceptors (Lipinski definition) is 5. The van der Waals surface area contributed by atoms with Crippen LogP contribution >= 0.6 is 0 Å². The number of piperidine rings is 1. The van der Waals surface area contributed by atoms with Crippen molar-refractivity contribution in [3.05, 3.63) is 53.2 Å². The van der Waals surface area contributed by atoms with Gasteiger partial charge in [-0.1, -0.05) is 23.4 Å². The third kappa shape index (κ3) is 5.21. The first kappa shape index (κ1) is 21.6. The van der Waals surface area contributed by atoms with Crippen molar-refractivity contribution >= 4 is 5.91 Å². The van der Waals surface area contributed by atoms with Crippen molar-refractivity contribution in [3.63, 3.8) is 0 Å². The highest BCUT2D eigenvalue weighted by molar-refractivity contribution is 5.92. The summed E-state index contributed by atoms with van der Waals surface area (Å²) in [5, 5.41) is 4.08. The molecule has 7 heteroatoms. The van der Waals surface area contributed by atoms with Crippen LogP contribution in [0.5, 0.6) is 0 Å². The summed E-state index contributed by atoms with van der Waals surface area (Å²) in [6, 6.07) is 8.83. The summed E-state index contributed by atoms with van der Waals surface area (Å²) in [5.41, 5.74) is 1.17. The van der Waals surface area contributed by atoms with Crippen LogP contribution < -0.4 is 0 Å². The zero-order valence-electron chi connectivity index (χ0n) is 18.5. The summed E-state index contributed by atoms with van der Waals surface area (Å²) < 4.78 is 25.3. The van der Waals surface area contributed by atoms with E-state index in [1.165, 1.54) is 6.07 Å². The number of amides is 1. The lowest BCUT2D eigenvalue weighted by Gasteiger charge is -2.35. The van der Waals surface area contributed by atoms with Gasteiger partial charge in [0.2, 0.25) is 0 Å². The molecule has 1 atom stereocenters. The average Bonchev–Trinajstić information content (AvgIpc) is 3.31. The van der Waals surface area contributed by atoms with Gasteiger partial charge in [-0.05, 0) is 63.6 Å². The molecule has 1 aliphatic carbocycles. The smallest absolute Gasteiger partial charge is 0.276 e. The van der Waals surface area contributed by atoms with E-state index in [2.05, 4.69) is 10.1 Å². The van der Waals surface area contributed by atoms with Gasteiger partial charge in [-0.3, -0.25) is 9.69 Å². The first-order chi connectivity index (χ1) is 15.7. The molecule has 0 unspecified atom stereocenters. The molecule has 3 aliphatic rings. The molecule has 1 aromatic heterocycles. The fourth-order valence-electron chi connectivity index (χ4n) is 4.89. The van der Waals surface area contributed by atoms with Gasteiger partial charge in [-0.25, -0.2) is 4.39 Å². The maximum Gasteiger partial charge on any atom is 0.276 e. The number of benzene rings is 1. The Bertz CT molecular complexity index is 915. The summed E-state index contributed by atoms with van der Waals surface area (Å²) in [6.07, 6.45) is 6.39. The second-order valence-electron chi connectivity index (χ2n) is 9.54. The van der Waals surface area contributed by atoms with Crippen molar-refractivity contribution in [3.8, 4) is 0 Å². The number of likely N-dealkylation sites (tertiary alicyclic amines) is 1. The molecule has 6 nitrogen and oxygen atoms in total. The highest BCUT2D eigenvalue weighted by Gasteiger charge is 2.32. The number of ether oxygens (including phenoxy) is 1. The monoisotopic (exact) mass is 441 g/mol. The second kappa shape index (κ2) is 9.71. The molecular formula is C25H32FN3O3. The van der Waals surface area contributed by atoms with Gasteiger partial charge in [0.05, 0.1) is 6.10 Å². The number of hydrogen-bond donors (Lipinski definition) is 0. The Balaban J connectivity index is 1.19. The maximum absolute atomic E-state index is 14.0. The molecule has 0 bridgehead atoms. The molecular weight excluding hydrogens is 409 g/mol. The minimum absolute atomic E-state index is 0.0510. The molecule has 1 saturated carbocycles. The van der Waals surface area contributed by atoms with E-state index in [0.717, 1.165) is 69.5 Å². The zero-order chi connectivity index (χ0) is 21.9. The van der Waals surface area contributed by atoms with E-state index in [1.807, 2.05) is 23.1 Å². The lowest BCUT2D eigenvalue weighted by Crippen LogP contribution is -2.43. The number of nitrogens with zero attached hydrogens (tertiary/aromatic N) is 3. The number of rotatable bonds is 8. The molecule has 3 heterocycles. The highest BCUT2D eigenvalue weighted by atomic mass is 19.1. The van der Waals surface area contributed by atoms with Crippen molar-refractivity contribution in [2.24, 2.45) is 5.92 Å². The Kier molecular flexibility index (Phi) is 6.55. The fraction of sp³-hybridized carbons (Fsp3) is 0.600. The summed E-state index contributed by atoms with van der Waals surface area (Å²) in [6.45, 7) is 4.56. The lowest BCUT2D eigenvalue weighted by atomic mass is 9.95. The van der Waals surface area contributed by atoms with Crippen molar-refractivity contribution < 1.29 is 18.4 Å². The van der Waals surface area contributed by atoms with E-state index in [4.69, 9.17) is 9.26 Å². The second-order valence-corrected chi connectivity index (χ2v) is 9.54. The number of carbonyl (C=O) groups is 1. The number of aromatic nitrogens is 1. The third-order valence-corrected chi connectivity index (χ3v) is 7.00. The van der Waals surface area contributed by atoms with Crippen molar-refractivity contribution in [1.29, 1.82) is 0 Å². The van der Waals surface area contributed by atoms with Crippen LogP contribution in [0.1, 0.15) is 66.3 Å². The summed E-state index contributed by atoms with van der Waals surface area (Å²) >= 11 is 0. The highest BCUT2D eigenvalue weighted by Crippen LogP contribution is 2.40. The van der Waals surface area contributed by atoms with Crippen LogP contribution in [0.2, 0.25) is 0 Å². The molecule has 2 aromatic rings. The van der Waals surface area contributed by atoms with Gasteiger partial charge in [0.15, 0.2) is 5.69 Å². The van der Waals surface area contributed by atoms with Gasteiger partial charge < -0.3 is 14.2 Å². The first-order valence-corrected chi connectivity index (χ1v) is 12.0. The van der Waals surface area contributed by atoms with Gasteiger partial charge in [-0.2, -0.15) is 0 Å². The standard InChI is InChI=1S/C25H32FN3O3/c26-22-6-2-1-4-20(22)16-28-11-9-18(10-12-28)15-29(17-21-5-3-13-31-21)25(30)23-14-24(32-27-23)19-7-8-19/h1-2,4,6,14,18-19,21H,3,5,7-13,15-17H2/t21-/m1/s1. The molecule has 5 rings (SSSR count). The summed E-state index contributed by atoms with van der Waals surface area (Å²) in [5.74, 6) is 1.51. The first-order valence-electron chi connectivity index (χ1n) is 12.0. The fourth-order valence-corrected chi connectivity index (χ4v) is 4.89. The molecule has 3 fully saturated rings. The van der Waals surface area contributed by atoms with E-state index < -0.39 is 0 Å². The lowest BCUT2D eigenvalue weighted by molar-refractivity contribution is 0.0437. The van der Waals surface area contributed by atoms with Gasteiger partial charge in [0.25, 0.3) is 5.91 Å². The molecule has 0 radical (unpaired) electrons. The van der Waals surface area contributed by atoms with Gasteiger partial charge >= 0.3 is 0 Å². The molecule has 1 aromatic carbocycles. The van der Waals surface area contributed by atoms with Gasteiger partial charge in [0, 0.05) is 43.8 Å². The van der Waals surface area contributed by atoms with E-state index >= 15 is 0 Å². The quantitative estimate of drug-likeness (QED) is 0.614. The number of carbonyl (C=O) groups excluding carboxylic acids is 1. The average molecular weight is 442 g/mol. The van der Waals surface area contributed by atoms with Crippen LogP contribution in [0, 0.1) is 11.7 Å². The van der Waals surface area contributed by atoms with Gasteiger partial charge in [0.1, 0.15) is 11.6 Å². The SMILES string of the molecule is O=C(c1cc(C2CC2)on1)N(CC1CCN(Cc2ccccc2F)CC1)C[C@H]1CCCO1. The van der Waals surface area contributed by atoms with Crippen molar-refractivity contribution in [2.75, 3.05) is 32.8 Å². The molecule has 0 N–H and O–H groups in total. The van der Waals surface area contributed by atoms with E-state index in [0.29, 0.717) is 37.2 Å². The Hall–Kier alpha value is -2.25. The van der Waals surface area contributed by atoms with Crippen LogP contribution in [-0.4, -0.2) is 59.8 Å². The van der Waals surface area contributed by atoms with Crippen LogP contribution in [-0.2, 0) is 11.3 Å². The van der Waals surface area contributed by atoms with Crippen LogP contribution in [0.15, 0.2) is 34.9 Å². The van der Waals surface area contributed by atoms with Crippen molar-refractivity contribution in [2.45, 2.75) is 57.1 Å². The predicted molar refractivity (Wildman–Crippen MR) is 118 cm³/mol. The molecule has 0 spiro atoms. The largest absolute Gasteiger partial charge is 0.376 e. The maximum atomic E-state index is 14.0. The van der Waals surface area contributed by atoms with Crippen molar-refractivity contribution in [1.82, 2.24) is 15.0 Å². The zero-order valence-corrected chi connectivity index (χ0v) is 18.5. The van der Waals surface area contributed by atoms with E-state index in [-0.39, 0.29) is 17.8 Å². The van der Waals surface area contributed by atoms with E-state index in [1.54, 1.807) is 6.07 Å². The van der Waals surface area contributed by atoms with E-state index in [9.17, 15) is 9.18 Å². The number of halogens is 1. The Labute approximate surface area is 188 Å². The van der Waals surface area contributed by atoms with Crippen LogP contribution in [0.3, 0.4) is 0 Å².